The maximum Gasteiger partial charge on any atom is 0.276 e. The van der Waals surface area contributed by atoms with Crippen molar-refractivity contribution in [2.45, 2.75) is 26.7 Å². The quantitative estimate of drug-likeness (QED) is 0.616. The Bertz CT molecular complexity index is 1090. The second kappa shape index (κ2) is 6.44. The van der Waals surface area contributed by atoms with E-state index >= 15 is 0 Å². The Morgan fingerprint density at radius 3 is 2.78 bits per heavy atom. The van der Waals surface area contributed by atoms with Crippen LogP contribution in [0.5, 0.6) is 0 Å². The largest absolute Gasteiger partial charge is 0.427 e. The molecular weight excluding hydrogens is 345 g/mol. The van der Waals surface area contributed by atoms with Crippen molar-refractivity contribution < 1.29 is 13.6 Å². The lowest BCUT2D eigenvalue weighted by atomic mass is 9.75. The van der Waals surface area contributed by atoms with Crippen LogP contribution in [-0.4, -0.2) is 20.7 Å². The molecule has 0 N–H and O–H groups in total. The number of hydrogen-bond acceptors (Lipinski definition) is 5. The predicted molar refractivity (Wildman–Crippen MR) is 96.3 cm³/mol. The number of carbonyl (C=O) groups excluding carboxylic acids is 1. The van der Waals surface area contributed by atoms with Gasteiger partial charge in [0.15, 0.2) is 11.5 Å². The minimum atomic E-state index is -0.738. The van der Waals surface area contributed by atoms with Crippen LogP contribution in [0.3, 0.4) is 0 Å². The van der Waals surface area contributed by atoms with Crippen LogP contribution < -0.4 is 0 Å². The maximum atomic E-state index is 14.0. The van der Waals surface area contributed by atoms with Gasteiger partial charge in [-0.2, -0.15) is 9.37 Å². The van der Waals surface area contributed by atoms with Crippen molar-refractivity contribution in [2.24, 2.45) is 5.41 Å². The van der Waals surface area contributed by atoms with Crippen molar-refractivity contribution in [3.63, 3.8) is 0 Å². The second-order valence-corrected chi connectivity index (χ2v) is 7.26. The van der Waals surface area contributed by atoms with Crippen LogP contribution in [0.2, 0.25) is 0 Å². The molecule has 27 heavy (non-hydrogen) atoms. The van der Waals surface area contributed by atoms with Gasteiger partial charge in [0.2, 0.25) is 0 Å². The first-order valence-electron chi connectivity index (χ1n) is 8.53. The minimum Gasteiger partial charge on any atom is -0.427 e. The number of Topliss-reactive ketones (excluding diaryl/α,β-unsaturated/α-hetero) is 1. The van der Waals surface area contributed by atoms with Crippen molar-refractivity contribution in [1.82, 2.24) is 15.0 Å². The first kappa shape index (κ1) is 17.1. The molecule has 3 aromatic rings. The summed E-state index contributed by atoms with van der Waals surface area (Å²) < 4.78 is 19.4. The fraction of sp³-hybridized carbons (Fsp3) is 0.238. The monoisotopic (exact) mass is 361 g/mol. The highest BCUT2D eigenvalue weighted by Crippen LogP contribution is 2.33. The minimum absolute atomic E-state index is 0.00172. The lowest BCUT2D eigenvalue weighted by Gasteiger charge is -2.29. The zero-order chi connectivity index (χ0) is 19.0. The van der Waals surface area contributed by atoms with E-state index in [4.69, 9.17) is 4.42 Å². The zero-order valence-electron chi connectivity index (χ0n) is 14.9. The lowest BCUT2D eigenvalue weighted by Crippen LogP contribution is -2.28. The highest BCUT2D eigenvalue weighted by Gasteiger charge is 2.31. The first-order valence-corrected chi connectivity index (χ1v) is 8.53. The van der Waals surface area contributed by atoms with Gasteiger partial charge < -0.3 is 4.42 Å². The Morgan fingerprint density at radius 1 is 1.15 bits per heavy atom. The van der Waals surface area contributed by atoms with E-state index in [9.17, 15) is 9.18 Å². The molecule has 0 saturated carbocycles. The van der Waals surface area contributed by atoms with Gasteiger partial charge in [-0.25, -0.2) is 4.98 Å². The molecule has 0 radical (unpaired) electrons. The summed E-state index contributed by atoms with van der Waals surface area (Å²) in [7, 11) is 0. The average Bonchev–Trinajstić information content (AvgIpc) is 3.00. The molecule has 3 heterocycles. The van der Waals surface area contributed by atoms with Gasteiger partial charge in [0.1, 0.15) is 5.69 Å². The number of ketones is 1. The van der Waals surface area contributed by atoms with Crippen LogP contribution in [0.25, 0.3) is 11.3 Å². The molecule has 0 saturated heterocycles. The van der Waals surface area contributed by atoms with Crippen LogP contribution in [0.15, 0.2) is 41.1 Å². The highest BCUT2D eigenvalue weighted by atomic mass is 19.1. The Morgan fingerprint density at radius 2 is 2.00 bits per heavy atom. The third-order valence-corrected chi connectivity index (χ3v) is 4.37. The summed E-state index contributed by atoms with van der Waals surface area (Å²) in [6, 6.07) is 6.80. The van der Waals surface area contributed by atoms with Crippen LogP contribution >= 0.6 is 0 Å². The van der Waals surface area contributed by atoms with Crippen molar-refractivity contribution >= 4 is 5.78 Å². The van der Waals surface area contributed by atoms with Crippen LogP contribution in [-0.2, 0) is 6.42 Å². The topological polar surface area (TPSA) is 68.9 Å². The van der Waals surface area contributed by atoms with E-state index in [1.54, 1.807) is 30.5 Å². The summed E-state index contributed by atoms with van der Waals surface area (Å²) in [5, 5.41) is 0. The summed E-state index contributed by atoms with van der Waals surface area (Å²) in [5.74, 6) is 4.85. The van der Waals surface area contributed by atoms with E-state index in [0.29, 0.717) is 29.7 Å². The molecule has 0 atom stereocenters. The molecule has 0 unspecified atom stereocenters. The number of pyridine rings is 2. The fourth-order valence-electron chi connectivity index (χ4n) is 3.15. The van der Waals surface area contributed by atoms with Gasteiger partial charge in [-0.05, 0) is 47.9 Å². The fourth-order valence-corrected chi connectivity index (χ4v) is 3.15. The number of hydrogen-bond donors (Lipinski definition) is 0. The molecule has 0 amide bonds. The SMILES string of the molecule is CC1(C)CC(=O)c2ccc(C#Cc3nc(F)c(-c4cccnc4)o3)nc2C1. The second-order valence-electron chi connectivity index (χ2n) is 7.26. The first-order chi connectivity index (χ1) is 12.9. The van der Waals surface area contributed by atoms with Crippen molar-refractivity contribution in [3.05, 3.63) is 65.4 Å². The number of halogens is 1. The van der Waals surface area contributed by atoms with E-state index < -0.39 is 5.95 Å². The number of oxazole rings is 1. The van der Waals surface area contributed by atoms with Crippen LogP contribution in [0, 0.1) is 23.2 Å². The zero-order valence-corrected chi connectivity index (χ0v) is 14.9. The molecular formula is C21H16FN3O2. The average molecular weight is 361 g/mol. The molecule has 0 aromatic carbocycles. The Kier molecular flexibility index (Phi) is 4.08. The third-order valence-electron chi connectivity index (χ3n) is 4.37. The van der Waals surface area contributed by atoms with E-state index in [0.717, 1.165) is 5.69 Å². The Balaban J connectivity index is 1.64. The standard InChI is InChI=1S/C21H16FN3O2/c1-21(2)10-16-15(17(26)11-21)7-5-14(24-16)6-8-18-25-20(22)19(27-18)13-4-3-9-23-12-13/h3-5,7,9,12H,10-11H2,1-2H3. The van der Waals surface area contributed by atoms with E-state index in [2.05, 4.69) is 26.8 Å². The molecule has 6 heteroatoms. The molecule has 0 bridgehead atoms. The molecule has 134 valence electrons. The summed E-state index contributed by atoms with van der Waals surface area (Å²) >= 11 is 0. The molecule has 0 spiro atoms. The van der Waals surface area contributed by atoms with Gasteiger partial charge >= 0.3 is 0 Å². The predicted octanol–water partition coefficient (Wildman–Crippen LogP) is 3.83. The normalized spacial score (nSPS) is 15.0. The van der Waals surface area contributed by atoms with E-state index in [1.807, 2.05) is 13.8 Å². The maximum absolute atomic E-state index is 14.0. The van der Waals surface area contributed by atoms with Gasteiger partial charge in [0, 0.05) is 29.9 Å². The molecule has 1 aliphatic rings. The summed E-state index contributed by atoms with van der Waals surface area (Å²) in [6.07, 6.45) is 4.30. The molecule has 4 rings (SSSR count). The van der Waals surface area contributed by atoms with E-state index in [-0.39, 0.29) is 22.8 Å². The highest BCUT2D eigenvalue weighted by molar-refractivity contribution is 5.98. The molecule has 3 aromatic heterocycles. The molecule has 0 aliphatic heterocycles. The van der Waals surface area contributed by atoms with Gasteiger partial charge in [0.05, 0.1) is 5.69 Å². The van der Waals surface area contributed by atoms with Crippen molar-refractivity contribution in [3.8, 4) is 23.2 Å². The molecule has 5 nitrogen and oxygen atoms in total. The number of nitrogens with zero attached hydrogens (tertiary/aromatic N) is 3. The number of fused-ring (bicyclic) bond motifs is 1. The number of rotatable bonds is 1. The van der Waals surface area contributed by atoms with Gasteiger partial charge in [-0.3, -0.25) is 9.78 Å². The van der Waals surface area contributed by atoms with Crippen molar-refractivity contribution in [2.75, 3.05) is 0 Å². The Labute approximate surface area is 155 Å². The van der Waals surface area contributed by atoms with Crippen molar-refractivity contribution in [1.29, 1.82) is 0 Å². The lowest BCUT2D eigenvalue weighted by molar-refractivity contribution is 0.0910. The van der Waals surface area contributed by atoms with Gasteiger partial charge in [-0.15, -0.1) is 0 Å². The summed E-state index contributed by atoms with van der Waals surface area (Å²) in [6.45, 7) is 4.09. The van der Waals surface area contributed by atoms with Crippen LogP contribution in [0.4, 0.5) is 4.39 Å². The third kappa shape index (κ3) is 3.49. The smallest absolute Gasteiger partial charge is 0.276 e. The van der Waals surface area contributed by atoms with Gasteiger partial charge in [-0.1, -0.05) is 13.8 Å². The summed E-state index contributed by atoms with van der Waals surface area (Å²) in [4.78, 5) is 24.4. The van der Waals surface area contributed by atoms with E-state index in [1.165, 1.54) is 6.20 Å². The van der Waals surface area contributed by atoms with Crippen LogP contribution in [0.1, 0.15) is 47.9 Å². The summed E-state index contributed by atoms with van der Waals surface area (Å²) in [5.41, 5.74) is 2.26. The number of carbonyl (C=O) groups is 1. The Hall–Kier alpha value is -3.33. The van der Waals surface area contributed by atoms with Gasteiger partial charge in [0.25, 0.3) is 11.8 Å². The molecule has 0 fully saturated rings. The molecule has 1 aliphatic carbocycles. The number of aromatic nitrogens is 3.